The van der Waals surface area contributed by atoms with Crippen LogP contribution in [0.5, 0.6) is 0 Å². The minimum Gasteiger partial charge on any atom is -0.378 e. The van der Waals surface area contributed by atoms with Gasteiger partial charge in [0.2, 0.25) is 0 Å². The molecular weight excluding hydrogens is 344 g/mol. The first-order valence-electron chi connectivity index (χ1n) is 8.78. The van der Waals surface area contributed by atoms with Gasteiger partial charge in [0.25, 0.3) is 5.56 Å². The normalized spacial score (nSPS) is 21.9. The Labute approximate surface area is 154 Å². The maximum Gasteiger partial charge on any atom is 0.286 e. The average Bonchev–Trinajstić information content (AvgIpc) is 2.54. The van der Waals surface area contributed by atoms with E-state index in [2.05, 4.69) is 12.0 Å². The Bertz CT molecular complexity index is 617. The van der Waals surface area contributed by atoms with E-state index in [-0.39, 0.29) is 11.1 Å². The van der Waals surface area contributed by atoms with Crippen LogP contribution in [0.1, 0.15) is 71.3 Å². The number of thioether (sulfide) groups is 1. The minimum atomic E-state index is -0.380. The highest BCUT2D eigenvalue weighted by atomic mass is 35.5. The van der Waals surface area contributed by atoms with E-state index in [1.165, 1.54) is 4.68 Å². The summed E-state index contributed by atoms with van der Waals surface area (Å²) in [6.07, 6.45) is 7.45. The number of ether oxygens (including phenoxy) is 1. The van der Waals surface area contributed by atoms with Gasteiger partial charge in [-0.15, -0.1) is 11.8 Å². The first-order chi connectivity index (χ1) is 11.3. The van der Waals surface area contributed by atoms with E-state index in [9.17, 15) is 4.79 Å². The third-order valence-corrected chi connectivity index (χ3v) is 5.56. The highest BCUT2D eigenvalue weighted by Gasteiger charge is 2.30. The van der Waals surface area contributed by atoms with Crippen molar-refractivity contribution in [3.63, 3.8) is 0 Å². The summed E-state index contributed by atoms with van der Waals surface area (Å²) in [4.78, 5) is 12.7. The van der Waals surface area contributed by atoms with Crippen molar-refractivity contribution in [3.8, 4) is 0 Å². The monoisotopic (exact) mass is 372 g/mol. The molecule has 24 heavy (non-hydrogen) atoms. The highest BCUT2D eigenvalue weighted by molar-refractivity contribution is 7.98. The van der Waals surface area contributed by atoms with Crippen molar-refractivity contribution in [3.05, 3.63) is 20.9 Å². The quantitative estimate of drug-likeness (QED) is 0.694. The number of hydrogen-bond acceptors (Lipinski definition) is 4. The van der Waals surface area contributed by atoms with Gasteiger partial charge in [0.1, 0.15) is 10.0 Å². The summed E-state index contributed by atoms with van der Waals surface area (Å²) in [5.41, 5.74) is 0.389. The smallest absolute Gasteiger partial charge is 0.286 e. The summed E-state index contributed by atoms with van der Waals surface area (Å²) < 4.78 is 7.39. The van der Waals surface area contributed by atoms with Gasteiger partial charge in [0.05, 0.1) is 11.6 Å². The van der Waals surface area contributed by atoms with Crippen LogP contribution in [-0.4, -0.2) is 28.7 Å². The Morgan fingerprint density at radius 1 is 1.29 bits per heavy atom. The molecule has 1 aromatic heterocycles. The van der Waals surface area contributed by atoms with Gasteiger partial charge in [-0.3, -0.25) is 4.79 Å². The fraction of sp³-hybridized carbons (Fsp3) is 0.778. The van der Waals surface area contributed by atoms with Crippen molar-refractivity contribution in [1.29, 1.82) is 0 Å². The maximum atomic E-state index is 12.7. The van der Waals surface area contributed by atoms with Crippen molar-refractivity contribution in [2.24, 2.45) is 0 Å². The zero-order valence-corrected chi connectivity index (χ0v) is 17.0. The Morgan fingerprint density at radius 2 is 1.92 bits per heavy atom. The molecule has 0 radical (unpaired) electrons. The number of nitrogens with zero attached hydrogens (tertiary/aromatic N) is 2. The van der Waals surface area contributed by atoms with Crippen LogP contribution in [0.3, 0.4) is 0 Å². The van der Waals surface area contributed by atoms with Gasteiger partial charge < -0.3 is 4.74 Å². The molecule has 1 fully saturated rings. The third kappa shape index (κ3) is 4.36. The molecule has 6 heteroatoms. The summed E-state index contributed by atoms with van der Waals surface area (Å²) in [5, 5.41) is 5.85. The van der Waals surface area contributed by atoms with E-state index in [1.54, 1.807) is 11.8 Å². The van der Waals surface area contributed by atoms with Crippen molar-refractivity contribution in [2.75, 3.05) is 12.9 Å². The molecule has 0 aliphatic heterocycles. The molecule has 0 bridgehead atoms. The van der Waals surface area contributed by atoms with E-state index in [1.807, 2.05) is 27.0 Å². The lowest BCUT2D eigenvalue weighted by molar-refractivity contribution is 0.0249. The zero-order chi connectivity index (χ0) is 17.9. The average molecular weight is 373 g/mol. The standard InChI is InChI=1S/C18H29ClN2O2S/c1-6-11-23-13-9-7-12(8-10-13)14-15(19)17(22)21(18(2,3)4)20-16(14)24-5/h12-13H,6-11H2,1-5H3. The molecule has 0 atom stereocenters. The van der Waals surface area contributed by atoms with Gasteiger partial charge in [-0.1, -0.05) is 18.5 Å². The Balaban J connectivity index is 2.28. The van der Waals surface area contributed by atoms with Crippen LogP contribution >= 0.6 is 23.4 Å². The summed E-state index contributed by atoms with van der Waals surface area (Å²) >= 11 is 8.09. The number of halogens is 1. The van der Waals surface area contributed by atoms with Crippen molar-refractivity contribution >= 4 is 23.4 Å². The fourth-order valence-corrected chi connectivity index (χ4v) is 4.29. The molecule has 0 N–H and O–H groups in total. The van der Waals surface area contributed by atoms with E-state index < -0.39 is 0 Å². The predicted molar refractivity (Wildman–Crippen MR) is 102 cm³/mol. The zero-order valence-electron chi connectivity index (χ0n) is 15.4. The molecule has 0 amide bonds. The van der Waals surface area contributed by atoms with Gasteiger partial charge in [-0.25, -0.2) is 4.68 Å². The van der Waals surface area contributed by atoms with Crippen molar-refractivity contribution in [2.45, 2.75) is 82.4 Å². The SMILES string of the molecule is CCCOC1CCC(c2c(SC)nn(C(C)(C)C)c(=O)c2Cl)CC1. The van der Waals surface area contributed by atoms with Crippen LogP contribution in [0.2, 0.25) is 5.02 Å². The van der Waals surface area contributed by atoms with Crippen LogP contribution in [0.4, 0.5) is 0 Å². The lowest BCUT2D eigenvalue weighted by Crippen LogP contribution is -2.37. The molecule has 2 rings (SSSR count). The largest absolute Gasteiger partial charge is 0.378 e. The summed E-state index contributed by atoms with van der Waals surface area (Å²) in [7, 11) is 0. The van der Waals surface area contributed by atoms with Crippen LogP contribution in [0.15, 0.2) is 9.82 Å². The summed E-state index contributed by atoms with van der Waals surface area (Å²) in [6.45, 7) is 8.87. The number of rotatable bonds is 5. The first-order valence-corrected chi connectivity index (χ1v) is 10.4. The second kappa shape index (κ2) is 8.24. The molecule has 0 aromatic carbocycles. The van der Waals surface area contributed by atoms with Crippen LogP contribution < -0.4 is 5.56 Å². The molecule has 1 aliphatic carbocycles. The molecule has 0 spiro atoms. The summed E-state index contributed by atoms with van der Waals surface area (Å²) in [6, 6.07) is 0. The second-order valence-electron chi connectivity index (χ2n) is 7.47. The van der Waals surface area contributed by atoms with Crippen molar-refractivity contribution in [1.82, 2.24) is 9.78 Å². The van der Waals surface area contributed by atoms with Crippen LogP contribution in [0, 0.1) is 0 Å². The maximum absolute atomic E-state index is 12.7. The minimum absolute atomic E-state index is 0.179. The molecule has 136 valence electrons. The Morgan fingerprint density at radius 3 is 2.42 bits per heavy atom. The molecule has 1 saturated carbocycles. The topological polar surface area (TPSA) is 44.1 Å². The fourth-order valence-electron chi connectivity index (χ4n) is 3.25. The first kappa shape index (κ1) is 19.8. The molecule has 4 nitrogen and oxygen atoms in total. The predicted octanol–water partition coefficient (Wildman–Crippen LogP) is 4.83. The van der Waals surface area contributed by atoms with Crippen molar-refractivity contribution < 1.29 is 4.74 Å². The number of aromatic nitrogens is 2. The lowest BCUT2D eigenvalue weighted by atomic mass is 9.83. The Hall–Kier alpha value is -0.520. The number of hydrogen-bond donors (Lipinski definition) is 0. The van der Waals surface area contributed by atoms with E-state index in [0.29, 0.717) is 17.0 Å². The lowest BCUT2D eigenvalue weighted by Gasteiger charge is -2.31. The second-order valence-corrected chi connectivity index (χ2v) is 8.64. The van der Waals surface area contributed by atoms with Gasteiger partial charge in [-0.05, 0) is 65.0 Å². The molecule has 0 saturated heterocycles. The molecule has 0 unspecified atom stereocenters. The molecule has 1 heterocycles. The van der Waals surface area contributed by atoms with Gasteiger partial charge in [-0.2, -0.15) is 5.10 Å². The van der Waals surface area contributed by atoms with E-state index >= 15 is 0 Å². The third-order valence-electron chi connectivity index (χ3n) is 4.51. The summed E-state index contributed by atoms with van der Waals surface area (Å²) in [5.74, 6) is 0.302. The highest BCUT2D eigenvalue weighted by Crippen LogP contribution is 2.40. The molecule has 1 aromatic rings. The van der Waals surface area contributed by atoms with Gasteiger partial charge in [0.15, 0.2) is 0 Å². The molecule has 1 aliphatic rings. The van der Waals surface area contributed by atoms with E-state index in [0.717, 1.165) is 49.3 Å². The molecular formula is C18H29ClN2O2S. The Kier molecular flexibility index (Phi) is 6.80. The van der Waals surface area contributed by atoms with Crippen LogP contribution in [0.25, 0.3) is 0 Å². The van der Waals surface area contributed by atoms with Gasteiger partial charge >= 0.3 is 0 Å². The van der Waals surface area contributed by atoms with E-state index in [4.69, 9.17) is 16.3 Å². The van der Waals surface area contributed by atoms with Crippen LogP contribution in [-0.2, 0) is 10.3 Å². The van der Waals surface area contributed by atoms with Gasteiger partial charge in [0, 0.05) is 12.2 Å².